The van der Waals surface area contributed by atoms with Gasteiger partial charge in [0.2, 0.25) is 5.91 Å². The topological polar surface area (TPSA) is 47.4 Å². The summed E-state index contributed by atoms with van der Waals surface area (Å²) in [5, 5.41) is 0. The van der Waals surface area contributed by atoms with Crippen molar-refractivity contribution in [2.75, 3.05) is 19.7 Å². The number of benzene rings is 1. The Morgan fingerprint density at radius 1 is 1.19 bits per heavy atom. The molecule has 1 saturated heterocycles. The molecular weight excluding hydrogens is 433 g/mol. The first-order valence-electron chi connectivity index (χ1n) is 11.2. The quantitative estimate of drug-likeness (QED) is 0.380. The maximum absolute atomic E-state index is 12.8. The Morgan fingerprint density at radius 3 is 2.58 bits per heavy atom. The Labute approximate surface area is 194 Å². The predicted molar refractivity (Wildman–Crippen MR) is 123 cm³/mol. The van der Waals surface area contributed by atoms with Crippen LogP contribution in [0.3, 0.4) is 0 Å². The number of ether oxygens (including phenoxy) is 1. The van der Waals surface area contributed by atoms with Gasteiger partial charge in [0.05, 0.1) is 12.0 Å². The molecule has 4 rings (SSSR count). The molecule has 1 saturated carbocycles. The summed E-state index contributed by atoms with van der Waals surface area (Å²) in [5.41, 5.74) is 0.590. The molecule has 1 amide bonds. The molecule has 31 heavy (non-hydrogen) atoms. The maximum Gasteiger partial charge on any atom is 0.231 e. The summed E-state index contributed by atoms with van der Waals surface area (Å²) in [6.07, 6.45) is 8.43. The van der Waals surface area contributed by atoms with Crippen LogP contribution in [0.4, 0.5) is 0 Å². The van der Waals surface area contributed by atoms with Crippen LogP contribution in [0.2, 0.25) is 0 Å². The van der Waals surface area contributed by atoms with Crippen molar-refractivity contribution in [3.8, 4) is 0 Å². The van der Waals surface area contributed by atoms with Crippen LogP contribution in [0.25, 0.3) is 0 Å². The number of carbonyl (C=O) groups is 1. The van der Waals surface area contributed by atoms with Crippen molar-refractivity contribution in [3.05, 3.63) is 54.1 Å². The molecule has 7 heteroatoms. The van der Waals surface area contributed by atoms with Gasteiger partial charge in [0.1, 0.15) is 10.2 Å². The van der Waals surface area contributed by atoms with E-state index in [9.17, 15) is 4.79 Å². The second-order valence-electron chi connectivity index (χ2n) is 9.00. The van der Waals surface area contributed by atoms with Gasteiger partial charge in [0.25, 0.3) is 0 Å². The minimum atomic E-state index is -0.901. The number of amides is 1. The fraction of sp³-hybridized carbons (Fsp3) is 0.583. The lowest BCUT2D eigenvalue weighted by Crippen LogP contribution is -2.43. The standard InChI is InChI=1S/C24H31Cl2N3O2/c1-23(18-24(23,25)26)22(30)29-13-9-20(10-14-29)21-27-11-15-28(21)12-5-6-16-31-17-19-7-3-2-4-8-19/h2-4,7-8,11,15,20H,5-6,9-10,12-14,16-18H2,1H3. The summed E-state index contributed by atoms with van der Waals surface area (Å²) in [6, 6.07) is 10.3. The Hall–Kier alpha value is -1.56. The first-order chi connectivity index (χ1) is 14.9. The van der Waals surface area contributed by atoms with E-state index in [0.717, 1.165) is 57.7 Å². The van der Waals surface area contributed by atoms with Gasteiger partial charge >= 0.3 is 0 Å². The zero-order valence-corrected chi connectivity index (χ0v) is 19.6. The summed E-state index contributed by atoms with van der Waals surface area (Å²) < 4.78 is 7.15. The van der Waals surface area contributed by atoms with Crippen molar-refractivity contribution in [3.63, 3.8) is 0 Å². The predicted octanol–water partition coefficient (Wildman–Crippen LogP) is 5.17. The number of hydrogen-bond acceptors (Lipinski definition) is 3. The minimum Gasteiger partial charge on any atom is -0.377 e. The molecule has 168 valence electrons. The van der Waals surface area contributed by atoms with Crippen molar-refractivity contribution < 1.29 is 9.53 Å². The molecule has 0 N–H and O–H groups in total. The molecule has 1 aliphatic carbocycles. The van der Waals surface area contributed by atoms with Crippen molar-refractivity contribution in [2.24, 2.45) is 5.41 Å². The van der Waals surface area contributed by atoms with E-state index in [-0.39, 0.29) is 5.91 Å². The molecule has 2 aromatic rings. The van der Waals surface area contributed by atoms with Gasteiger partial charge in [-0.25, -0.2) is 4.98 Å². The molecule has 5 nitrogen and oxygen atoms in total. The van der Waals surface area contributed by atoms with Gasteiger partial charge in [-0.3, -0.25) is 4.79 Å². The molecule has 1 atom stereocenters. The van der Waals surface area contributed by atoms with E-state index >= 15 is 0 Å². The molecule has 1 aromatic heterocycles. The number of aryl methyl sites for hydroxylation is 1. The third-order valence-corrected chi connectivity index (χ3v) is 7.78. The molecule has 2 fully saturated rings. The molecule has 2 heterocycles. The highest BCUT2D eigenvalue weighted by atomic mass is 35.5. The lowest BCUT2D eigenvalue weighted by atomic mass is 9.94. The number of alkyl halides is 2. The first-order valence-corrected chi connectivity index (χ1v) is 12.0. The van der Waals surface area contributed by atoms with Gasteiger partial charge in [-0.1, -0.05) is 30.3 Å². The van der Waals surface area contributed by atoms with Crippen LogP contribution in [-0.2, 0) is 22.7 Å². The average Bonchev–Trinajstić information content (AvgIpc) is 3.09. The Balaban J connectivity index is 1.19. The highest BCUT2D eigenvalue weighted by Crippen LogP contribution is 2.64. The Kier molecular flexibility index (Phi) is 6.95. The number of nitrogens with zero attached hydrogens (tertiary/aromatic N) is 3. The largest absolute Gasteiger partial charge is 0.377 e. The molecule has 0 bridgehead atoms. The van der Waals surface area contributed by atoms with Crippen LogP contribution >= 0.6 is 23.2 Å². The summed E-state index contributed by atoms with van der Waals surface area (Å²) in [7, 11) is 0. The fourth-order valence-corrected chi connectivity index (χ4v) is 5.14. The van der Waals surface area contributed by atoms with Crippen molar-refractivity contribution in [1.82, 2.24) is 14.5 Å². The van der Waals surface area contributed by atoms with E-state index in [4.69, 9.17) is 27.9 Å². The zero-order chi connectivity index (χ0) is 21.9. The molecule has 2 aliphatic rings. The van der Waals surface area contributed by atoms with Crippen molar-refractivity contribution in [2.45, 2.75) is 62.4 Å². The molecular formula is C24H31Cl2N3O2. The van der Waals surface area contributed by atoms with E-state index in [1.165, 1.54) is 5.56 Å². The number of carbonyl (C=O) groups excluding carboxylic acids is 1. The molecule has 0 radical (unpaired) electrons. The third kappa shape index (κ3) is 5.10. The number of likely N-dealkylation sites (tertiary alicyclic amines) is 1. The second-order valence-corrected chi connectivity index (χ2v) is 10.5. The SMILES string of the molecule is CC1(C(=O)N2CCC(c3nccn3CCCCOCc3ccccc3)CC2)CC1(Cl)Cl. The monoisotopic (exact) mass is 463 g/mol. The summed E-state index contributed by atoms with van der Waals surface area (Å²) in [5.74, 6) is 1.62. The van der Waals surface area contributed by atoms with E-state index in [1.807, 2.05) is 36.2 Å². The molecule has 1 aromatic carbocycles. The highest BCUT2D eigenvalue weighted by Gasteiger charge is 2.68. The first kappa shape index (κ1) is 22.6. The van der Waals surface area contributed by atoms with Crippen LogP contribution in [-0.4, -0.2) is 44.4 Å². The van der Waals surface area contributed by atoms with Crippen LogP contribution < -0.4 is 0 Å². The number of hydrogen-bond donors (Lipinski definition) is 0. The zero-order valence-electron chi connectivity index (χ0n) is 18.1. The van der Waals surface area contributed by atoms with Crippen molar-refractivity contribution >= 4 is 29.1 Å². The van der Waals surface area contributed by atoms with E-state index in [2.05, 4.69) is 27.9 Å². The summed E-state index contributed by atoms with van der Waals surface area (Å²) >= 11 is 12.4. The highest BCUT2D eigenvalue weighted by molar-refractivity contribution is 6.53. The number of imidazole rings is 1. The minimum absolute atomic E-state index is 0.0924. The second kappa shape index (κ2) is 9.51. The van der Waals surface area contributed by atoms with Crippen LogP contribution in [0.15, 0.2) is 42.7 Å². The fourth-order valence-electron chi connectivity index (χ4n) is 4.44. The number of rotatable bonds is 9. The molecule has 0 spiro atoms. The number of aromatic nitrogens is 2. The van der Waals surface area contributed by atoms with Crippen LogP contribution in [0, 0.1) is 5.41 Å². The van der Waals surface area contributed by atoms with E-state index < -0.39 is 9.75 Å². The van der Waals surface area contributed by atoms with E-state index in [1.54, 1.807) is 0 Å². The van der Waals surface area contributed by atoms with Gasteiger partial charge in [0.15, 0.2) is 0 Å². The normalized spacial score (nSPS) is 23.1. The van der Waals surface area contributed by atoms with Gasteiger partial charge in [-0.05, 0) is 44.6 Å². The van der Waals surface area contributed by atoms with E-state index in [0.29, 0.717) is 18.9 Å². The van der Waals surface area contributed by atoms with Gasteiger partial charge in [-0.15, -0.1) is 23.2 Å². The van der Waals surface area contributed by atoms with Gasteiger partial charge < -0.3 is 14.2 Å². The number of unbranched alkanes of at least 4 members (excludes halogenated alkanes) is 1. The van der Waals surface area contributed by atoms with Crippen LogP contribution in [0.1, 0.15) is 56.3 Å². The molecule has 1 aliphatic heterocycles. The summed E-state index contributed by atoms with van der Waals surface area (Å²) in [6.45, 7) is 5.73. The number of halogens is 2. The maximum atomic E-state index is 12.8. The lowest BCUT2D eigenvalue weighted by Gasteiger charge is -2.34. The van der Waals surface area contributed by atoms with Gasteiger partial charge in [0, 0.05) is 44.6 Å². The molecule has 1 unspecified atom stereocenters. The lowest BCUT2D eigenvalue weighted by molar-refractivity contribution is -0.137. The Morgan fingerprint density at radius 2 is 1.90 bits per heavy atom. The third-order valence-electron chi connectivity index (χ3n) is 6.67. The van der Waals surface area contributed by atoms with Crippen LogP contribution in [0.5, 0.6) is 0 Å². The number of piperidine rings is 1. The van der Waals surface area contributed by atoms with Gasteiger partial charge in [-0.2, -0.15) is 0 Å². The van der Waals surface area contributed by atoms with Crippen molar-refractivity contribution in [1.29, 1.82) is 0 Å². The summed E-state index contributed by atoms with van der Waals surface area (Å²) in [4.78, 5) is 19.4. The smallest absolute Gasteiger partial charge is 0.231 e. The average molecular weight is 464 g/mol. The Bertz CT molecular complexity index is 878.